The third-order valence-corrected chi connectivity index (χ3v) is 2.72. The molecule has 6 nitrogen and oxygen atoms in total. The highest BCUT2D eigenvalue weighted by Crippen LogP contribution is 1.94. The Balaban J connectivity index is 2.12. The molecule has 0 bridgehead atoms. The van der Waals surface area contributed by atoms with Gasteiger partial charge in [-0.25, -0.2) is 0 Å². The van der Waals surface area contributed by atoms with Crippen molar-refractivity contribution < 1.29 is 4.79 Å². The SMILES string of the molecule is CCCCNC(=S)NNC(=O)CCn1ccc(C)n1. The molecule has 0 unspecified atom stereocenters. The molecule has 1 aromatic heterocycles. The Hall–Kier alpha value is -1.63. The predicted molar refractivity (Wildman–Crippen MR) is 78.4 cm³/mol. The van der Waals surface area contributed by atoms with Gasteiger partial charge in [0.1, 0.15) is 0 Å². The van der Waals surface area contributed by atoms with Crippen LogP contribution < -0.4 is 16.2 Å². The number of hydrogen-bond acceptors (Lipinski definition) is 3. The van der Waals surface area contributed by atoms with Gasteiger partial charge in [0, 0.05) is 25.7 Å². The fourth-order valence-electron chi connectivity index (χ4n) is 1.42. The second-order valence-corrected chi connectivity index (χ2v) is 4.66. The maximum absolute atomic E-state index is 11.6. The molecular weight excluding hydrogens is 262 g/mol. The zero-order valence-electron chi connectivity index (χ0n) is 11.4. The van der Waals surface area contributed by atoms with Gasteiger partial charge in [0.25, 0.3) is 0 Å². The average molecular weight is 283 g/mol. The maximum Gasteiger partial charge on any atom is 0.240 e. The summed E-state index contributed by atoms with van der Waals surface area (Å²) in [6, 6.07) is 1.91. The van der Waals surface area contributed by atoms with Crippen LogP contribution in [-0.4, -0.2) is 27.3 Å². The summed E-state index contributed by atoms with van der Waals surface area (Å²) in [6.45, 7) is 5.39. The topological polar surface area (TPSA) is 71.0 Å². The lowest BCUT2D eigenvalue weighted by molar-refractivity contribution is -0.121. The Bertz CT molecular complexity index is 418. The lowest BCUT2D eigenvalue weighted by Gasteiger charge is -2.11. The van der Waals surface area contributed by atoms with E-state index in [0.29, 0.717) is 18.1 Å². The lowest BCUT2D eigenvalue weighted by Crippen LogP contribution is -2.47. The Kier molecular flexibility index (Phi) is 6.88. The van der Waals surface area contributed by atoms with Gasteiger partial charge >= 0.3 is 0 Å². The van der Waals surface area contributed by atoms with Gasteiger partial charge in [0.2, 0.25) is 5.91 Å². The van der Waals surface area contributed by atoms with Crippen molar-refractivity contribution >= 4 is 23.2 Å². The summed E-state index contributed by atoms with van der Waals surface area (Å²) in [5, 5.41) is 7.65. The molecule has 7 heteroatoms. The van der Waals surface area contributed by atoms with Crippen LogP contribution in [0.3, 0.4) is 0 Å². The summed E-state index contributed by atoms with van der Waals surface area (Å²) in [6.07, 6.45) is 4.36. The highest BCUT2D eigenvalue weighted by molar-refractivity contribution is 7.80. The first kappa shape index (κ1) is 15.4. The van der Waals surface area contributed by atoms with Crippen molar-refractivity contribution in [2.24, 2.45) is 0 Å². The standard InChI is InChI=1S/C12H21N5OS/c1-3-4-7-13-12(19)15-14-11(18)6-9-17-8-5-10(2)16-17/h5,8H,3-4,6-7,9H2,1-2H3,(H,14,18)(H2,13,15,19). The molecule has 0 radical (unpaired) electrons. The van der Waals surface area contributed by atoms with Crippen molar-refractivity contribution in [3.8, 4) is 0 Å². The fraction of sp³-hybridized carbons (Fsp3) is 0.583. The molecule has 0 atom stereocenters. The number of hydrogen-bond donors (Lipinski definition) is 3. The minimum atomic E-state index is -0.118. The number of carbonyl (C=O) groups excluding carboxylic acids is 1. The molecule has 3 N–H and O–H groups in total. The maximum atomic E-state index is 11.6. The van der Waals surface area contributed by atoms with Crippen LogP contribution in [0, 0.1) is 6.92 Å². The minimum absolute atomic E-state index is 0.118. The van der Waals surface area contributed by atoms with E-state index in [2.05, 4.69) is 28.2 Å². The molecule has 106 valence electrons. The number of hydrazine groups is 1. The number of nitrogens with one attached hydrogen (secondary N) is 3. The third kappa shape index (κ3) is 6.76. The molecule has 1 rings (SSSR count). The number of rotatable bonds is 6. The summed E-state index contributed by atoms with van der Waals surface area (Å²) in [7, 11) is 0. The monoisotopic (exact) mass is 283 g/mol. The highest BCUT2D eigenvalue weighted by Gasteiger charge is 2.03. The van der Waals surface area contributed by atoms with Gasteiger partial charge in [-0.2, -0.15) is 5.10 Å². The second-order valence-electron chi connectivity index (χ2n) is 4.25. The first-order valence-electron chi connectivity index (χ1n) is 6.44. The molecule has 0 aliphatic heterocycles. The summed E-state index contributed by atoms with van der Waals surface area (Å²) in [5.74, 6) is -0.118. The van der Waals surface area contributed by atoms with E-state index >= 15 is 0 Å². The number of aryl methyl sites for hydroxylation is 2. The molecule has 1 amide bonds. The van der Waals surface area contributed by atoms with Gasteiger partial charge < -0.3 is 5.32 Å². The molecule has 0 spiro atoms. The number of unbranched alkanes of at least 4 members (excludes halogenated alkanes) is 1. The van der Waals surface area contributed by atoms with E-state index in [1.165, 1.54) is 0 Å². The van der Waals surface area contributed by atoms with Crippen LogP contribution >= 0.6 is 12.2 Å². The van der Waals surface area contributed by atoms with Crippen molar-refractivity contribution in [1.29, 1.82) is 0 Å². The summed E-state index contributed by atoms with van der Waals surface area (Å²) < 4.78 is 1.74. The number of aromatic nitrogens is 2. The van der Waals surface area contributed by atoms with Crippen molar-refractivity contribution in [2.75, 3.05) is 6.54 Å². The molecule has 0 aromatic carbocycles. The molecule has 0 saturated heterocycles. The van der Waals surface area contributed by atoms with E-state index in [-0.39, 0.29) is 5.91 Å². The van der Waals surface area contributed by atoms with Crippen LogP contribution in [0.1, 0.15) is 31.9 Å². The number of nitrogens with zero attached hydrogens (tertiary/aromatic N) is 2. The molecule has 0 aliphatic rings. The molecule has 1 aromatic rings. The van der Waals surface area contributed by atoms with Crippen molar-refractivity contribution in [3.05, 3.63) is 18.0 Å². The predicted octanol–water partition coefficient (Wildman–Crippen LogP) is 0.877. The zero-order valence-corrected chi connectivity index (χ0v) is 12.2. The normalized spacial score (nSPS) is 10.0. The van der Waals surface area contributed by atoms with Gasteiger partial charge in [-0.15, -0.1) is 0 Å². The van der Waals surface area contributed by atoms with Gasteiger partial charge in [-0.1, -0.05) is 13.3 Å². The first-order chi connectivity index (χ1) is 9.11. The smallest absolute Gasteiger partial charge is 0.240 e. The second kappa shape index (κ2) is 8.47. The van der Waals surface area contributed by atoms with E-state index < -0.39 is 0 Å². The zero-order chi connectivity index (χ0) is 14.1. The van der Waals surface area contributed by atoms with E-state index in [1.807, 2.05) is 19.2 Å². The molecule has 19 heavy (non-hydrogen) atoms. The van der Waals surface area contributed by atoms with Crippen LogP contribution in [0.5, 0.6) is 0 Å². The largest absolute Gasteiger partial charge is 0.361 e. The third-order valence-electron chi connectivity index (χ3n) is 2.47. The van der Waals surface area contributed by atoms with Gasteiger partial charge in [-0.05, 0) is 31.6 Å². The number of thiocarbonyl (C=S) groups is 1. The van der Waals surface area contributed by atoms with Gasteiger partial charge in [0.05, 0.1) is 5.69 Å². The summed E-state index contributed by atoms with van der Waals surface area (Å²) in [4.78, 5) is 11.6. The van der Waals surface area contributed by atoms with Gasteiger partial charge in [0.15, 0.2) is 5.11 Å². The van der Waals surface area contributed by atoms with E-state index in [4.69, 9.17) is 12.2 Å². The van der Waals surface area contributed by atoms with Crippen LogP contribution in [0.4, 0.5) is 0 Å². The van der Waals surface area contributed by atoms with Crippen LogP contribution in [-0.2, 0) is 11.3 Å². The number of amides is 1. The number of carbonyl (C=O) groups is 1. The van der Waals surface area contributed by atoms with Crippen molar-refractivity contribution in [2.45, 2.75) is 39.7 Å². The van der Waals surface area contributed by atoms with E-state index in [1.54, 1.807) is 4.68 Å². The molecule has 0 aliphatic carbocycles. The first-order valence-corrected chi connectivity index (χ1v) is 6.85. The molecule has 0 fully saturated rings. The molecule has 0 saturated carbocycles. The Morgan fingerprint density at radius 1 is 1.47 bits per heavy atom. The Morgan fingerprint density at radius 2 is 2.26 bits per heavy atom. The molecule has 1 heterocycles. The van der Waals surface area contributed by atoms with Crippen LogP contribution in [0.25, 0.3) is 0 Å². The Morgan fingerprint density at radius 3 is 2.89 bits per heavy atom. The minimum Gasteiger partial charge on any atom is -0.361 e. The van der Waals surface area contributed by atoms with Crippen molar-refractivity contribution in [1.82, 2.24) is 25.9 Å². The van der Waals surface area contributed by atoms with E-state index in [0.717, 1.165) is 25.1 Å². The average Bonchev–Trinajstić information content (AvgIpc) is 2.80. The summed E-state index contributed by atoms with van der Waals surface area (Å²) in [5.41, 5.74) is 6.17. The quantitative estimate of drug-likeness (QED) is 0.411. The van der Waals surface area contributed by atoms with Gasteiger partial charge in [-0.3, -0.25) is 20.3 Å². The Labute approximate surface area is 118 Å². The highest BCUT2D eigenvalue weighted by atomic mass is 32.1. The molecular formula is C12H21N5OS. The van der Waals surface area contributed by atoms with Crippen LogP contribution in [0.2, 0.25) is 0 Å². The van der Waals surface area contributed by atoms with Crippen molar-refractivity contribution in [3.63, 3.8) is 0 Å². The lowest BCUT2D eigenvalue weighted by atomic mass is 10.3. The van der Waals surface area contributed by atoms with E-state index in [9.17, 15) is 4.79 Å². The summed E-state index contributed by atoms with van der Waals surface area (Å²) >= 11 is 5.01. The van der Waals surface area contributed by atoms with Crippen LogP contribution in [0.15, 0.2) is 12.3 Å². The fourth-order valence-corrected chi connectivity index (χ4v) is 1.57.